The first-order valence-corrected chi connectivity index (χ1v) is 9.16. The van der Waals surface area contributed by atoms with E-state index in [0.29, 0.717) is 26.3 Å². The Labute approximate surface area is 165 Å². The van der Waals surface area contributed by atoms with Gasteiger partial charge in [0.25, 0.3) is 0 Å². The van der Waals surface area contributed by atoms with Crippen molar-refractivity contribution in [2.24, 2.45) is 0 Å². The molecule has 3 rings (SSSR count). The second kappa shape index (κ2) is 8.24. The molecule has 130 valence electrons. The van der Waals surface area contributed by atoms with Gasteiger partial charge in [-0.05, 0) is 42.5 Å². The third kappa shape index (κ3) is 4.36. The van der Waals surface area contributed by atoms with Gasteiger partial charge in [0.1, 0.15) is 22.4 Å². The van der Waals surface area contributed by atoms with Crippen LogP contribution in [0.5, 0.6) is 5.75 Å². The van der Waals surface area contributed by atoms with Crippen molar-refractivity contribution in [3.8, 4) is 23.1 Å². The summed E-state index contributed by atoms with van der Waals surface area (Å²) in [5, 5.41) is 16.1. The van der Waals surface area contributed by atoms with Crippen LogP contribution in [0.3, 0.4) is 0 Å². The standard InChI is InChI=1S/C19H13Cl2N3OS/c1-25-17-4-2-12(3-5-17)18-11-26-19(24-18)13(9-22)10-23-16-7-14(20)6-15(21)8-16/h2-8,10-11,23H,1H3. The molecule has 0 amide bonds. The molecule has 0 aliphatic carbocycles. The minimum Gasteiger partial charge on any atom is -0.497 e. The number of nitriles is 1. The minimum absolute atomic E-state index is 0.422. The number of hydrogen-bond acceptors (Lipinski definition) is 5. The van der Waals surface area contributed by atoms with E-state index in [9.17, 15) is 5.26 Å². The summed E-state index contributed by atoms with van der Waals surface area (Å²) in [6, 6.07) is 14.9. The molecule has 7 heteroatoms. The van der Waals surface area contributed by atoms with Gasteiger partial charge in [0.15, 0.2) is 0 Å². The van der Waals surface area contributed by atoms with Gasteiger partial charge in [0, 0.05) is 32.9 Å². The van der Waals surface area contributed by atoms with Crippen molar-refractivity contribution in [2.45, 2.75) is 0 Å². The summed E-state index contributed by atoms with van der Waals surface area (Å²) >= 11 is 13.4. The van der Waals surface area contributed by atoms with Crippen LogP contribution in [0.1, 0.15) is 5.01 Å². The van der Waals surface area contributed by atoms with Crippen molar-refractivity contribution in [3.05, 3.63) is 69.1 Å². The Morgan fingerprint density at radius 1 is 1.19 bits per heavy atom. The van der Waals surface area contributed by atoms with Gasteiger partial charge in [-0.2, -0.15) is 5.26 Å². The van der Waals surface area contributed by atoms with Crippen LogP contribution in [0.2, 0.25) is 10.0 Å². The molecule has 0 fully saturated rings. The number of rotatable bonds is 5. The van der Waals surface area contributed by atoms with Crippen LogP contribution in [0.15, 0.2) is 54.0 Å². The number of ether oxygens (including phenoxy) is 1. The van der Waals surface area contributed by atoms with Crippen LogP contribution in [-0.4, -0.2) is 12.1 Å². The zero-order chi connectivity index (χ0) is 18.5. The molecular formula is C19H13Cl2N3OS. The van der Waals surface area contributed by atoms with E-state index >= 15 is 0 Å². The van der Waals surface area contributed by atoms with Crippen molar-refractivity contribution in [1.29, 1.82) is 5.26 Å². The number of anilines is 1. The van der Waals surface area contributed by atoms with E-state index in [1.54, 1.807) is 31.5 Å². The smallest absolute Gasteiger partial charge is 0.136 e. The van der Waals surface area contributed by atoms with Crippen molar-refractivity contribution >= 4 is 45.8 Å². The summed E-state index contributed by atoms with van der Waals surface area (Å²) in [7, 11) is 1.63. The first-order valence-electron chi connectivity index (χ1n) is 7.52. The summed E-state index contributed by atoms with van der Waals surface area (Å²) in [5.74, 6) is 0.784. The number of methoxy groups -OCH3 is 1. The number of halogens is 2. The zero-order valence-electron chi connectivity index (χ0n) is 13.7. The molecule has 1 heterocycles. The molecule has 2 aromatic carbocycles. The molecule has 3 aromatic rings. The lowest BCUT2D eigenvalue weighted by Gasteiger charge is -2.03. The van der Waals surface area contributed by atoms with E-state index in [4.69, 9.17) is 27.9 Å². The van der Waals surface area contributed by atoms with Crippen molar-refractivity contribution in [3.63, 3.8) is 0 Å². The molecular weight excluding hydrogens is 389 g/mol. The Morgan fingerprint density at radius 3 is 2.50 bits per heavy atom. The summed E-state index contributed by atoms with van der Waals surface area (Å²) in [6.45, 7) is 0. The van der Waals surface area contributed by atoms with Crippen LogP contribution in [-0.2, 0) is 0 Å². The second-order valence-corrected chi connectivity index (χ2v) is 6.97. The van der Waals surface area contributed by atoms with E-state index in [0.717, 1.165) is 17.0 Å². The van der Waals surface area contributed by atoms with Crippen LogP contribution >= 0.6 is 34.5 Å². The number of nitrogens with one attached hydrogen (secondary N) is 1. The highest BCUT2D eigenvalue weighted by atomic mass is 35.5. The molecule has 1 aromatic heterocycles. The van der Waals surface area contributed by atoms with Crippen LogP contribution in [0.4, 0.5) is 5.69 Å². The molecule has 0 bridgehead atoms. The maximum absolute atomic E-state index is 9.45. The van der Waals surface area contributed by atoms with E-state index in [2.05, 4.69) is 16.4 Å². The topological polar surface area (TPSA) is 57.9 Å². The van der Waals surface area contributed by atoms with Gasteiger partial charge < -0.3 is 10.1 Å². The lowest BCUT2D eigenvalue weighted by molar-refractivity contribution is 0.415. The molecule has 26 heavy (non-hydrogen) atoms. The summed E-state index contributed by atoms with van der Waals surface area (Å²) in [6.07, 6.45) is 1.60. The van der Waals surface area contributed by atoms with Crippen molar-refractivity contribution in [1.82, 2.24) is 4.98 Å². The Balaban J connectivity index is 1.82. The highest BCUT2D eigenvalue weighted by molar-refractivity contribution is 7.11. The average Bonchev–Trinajstić information content (AvgIpc) is 3.11. The second-order valence-electron chi connectivity index (χ2n) is 5.24. The first kappa shape index (κ1) is 18.3. The van der Waals surface area contributed by atoms with Gasteiger partial charge in [-0.1, -0.05) is 23.2 Å². The monoisotopic (exact) mass is 401 g/mol. The van der Waals surface area contributed by atoms with Gasteiger partial charge >= 0.3 is 0 Å². The highest BCUT2D eigenvalue weighted by Gasteiger charge is 2.09. The SMILES string of the molecule is COc1ccc(-c2csc(C(C#N)=CNc3cc(Cl)cc(Cl)c3)n2)cc1. The Hall–Kier alpha value is -2.52. The lowest BCUT2D eigenvalue weighted by Crippen LogP contribution is -1.91. The number of allylic oxidation sites excluding steroid dienone is 1. The number of benzene rings is 2. The van der Waals surface area contributed by atoms with Gasteiger partial charge in [-0.3, -0.25) is 0 Å². The molecule has 0 saturated heterocycles. The van der Waals surface area contributed by atoms with Gasteiger partial charge in [-0.25, -0.2) is 4.98 Å². The van der Waals surface area contributed by atoms with Crippen LogP contribution < -0.4 is 10.1 Å². The van der Waals surface area contributed by atoms with Crippen LogP contribution in [0, 0.1) is 11.3 Å². The number of hydrogen-bond donors (Lipinski definition) is 1. The molecule has 0 saturated carbocycles. The summed E-state index contributed by atoms with van der Waals surface area (Å²) in [4.78, 5) is 4.55. The van der Waals surface area contributed by atoms with Gasteiger partial charge in [-0.15, -0.1) is 11.3 Å². The average molecular weight is 402 g/mol. The highest BCUT2D eigenvalue weighted by Crippen LogP contribution is 2.28. The molecule has 4 nitrogen and oxygen atoms in total. The lowest BCUT2D eigenvalue weighted by atomic mass is 10.2. The maximum atomic E-state index is 9.45. The fraction of sp³-hybridized carbons (Fsp3) is 0.0526. The minimum atomic E-state index is 0.422. The maximum Gasteiger partial charge on any atom is 0.136 e. The number of aromatic nitrogens is 1. The fourth-order valence-corrected chi connectivity index (χ4v) is 3.55. The third-order valence-electron chi connectivity index (χ3n) is 3.49. The Morgan fingerprint density at radius 2 is 1.88 bits per heavy atom. The third-order valence-corrected chi connectivity index (χ3v) is 4.80. The molecule has 0 atom stereocenters. The summed E-state index contributed by atoms with van der Waals surface area (Å²) < 4.78 is 5.16. The van der Waals surface area contributed by atoms with Gasteiger partial charge in [0.2, 0.25) is 0 Å². The molecule has 0 radical (unpaired) electrons. The fourth-order valence-electron chi connectivity index (χ4n) is 2.23. The Kier molecular flexibility index (Phi) is 5.79. The quantitative estimate of drug-likeness (QED) is 0.524. The molecule has 1 N–H and O–H groups in total. The van der Waals surface area contributed by atoms with Gasteiger partial charge in [0.05, 0.1) is 12.8 Å². The molecule has 0 aliphatic rings. The molecule has 0 aliphatic heterocycles. The van der Waals surface area contributed by atoms with E-state index in [1.165, 1.54) is 11.3 Å². The predicted octanol–water partition coefficient (Wildman–Crippen LogP) is 6.10. The molecule has 0 unspecified atom stereocenters. The molecule has 0 spiro atoms. The van der Waals surface area contributed by atoms with Crippen molar-refractivity contribution in [2.75, 3.05) is 12.4 Å². The van der Waals surface area contributed by atoms with Crippen LogP contribution in [0.25, 0.3) is 16.8 Å². The van der Waals surface area contributed by atoms with E-state index in [-0.39, 0.29) is 0 Å². The van der Waals surface area contributed by atoms with Crippen molar-refractivity contribution < 1.29 is 4.74 Å². The van der Waals surface area contributed by atoms with E-state index < -0.39 is 0 Å². The number of thiazole rings is 1. The normalized spacial score (nSPS) is 11.1. The van der Waals surface area contributed by atoms with E-state index in [1.807, 2.05) is 29.6 Å². The predicted molar refractivity (Wildman–Crippen MR) is 108 cm³/mol. The summed E-state index contributed by atoms with van der Waals surface area (Å²) in [5.41, 5.74) is 2.88. The Bertz CT molecular complexity index is 971. The zero-order valence-corrected chi connectivity index (χ0v) is 16.0. The number of nitrogens with zero attached hydrogens (tertiary/aromatic N) is 2. The largest absolute Gasteiger partial charge is 0.497 e. The first-order chi connectivity index (χ1) is 12.6.